The van der Waals surface area contributed by atoms with Crippen LogP contribution in [0.3, 0.4) is 0 Å². The van der Waals surface area contributed by atoms with Crippen molar-refractivity contribution in [2.75, 3.05) is 6.61 Å². The first kappa shape index (κ1) is 45.3. The molecule has 0 aliphatic carbocycles. The number of hydrogen-bond acceptors (Lipinski definition) is 4. The topological polar surface area (TPSA) is 44.8 Å². The summed E-state index contributed by atoms with van der Waals surface area (Å²) in [4.78, 5) is 13.0. The van der Waals surface area contributed by atoms with Crippen molar-refractivity contribution in [1.82, 2.24) is 0 Å². The molecule has 0 N–H and O–H groups in total. The molecule has 3 rings (SSSR count). The molecule has 0 bridgehead atoms. The zero-order valence-electron chi connectivity index (χ0n) is 34.9. The van der Waals surface area contributed by atoms with Crippen LogP contribution in [0.4, 0.5) is 0 Å². The fourth-order valence-corrected chi connectivity index (χ4v) is 7.26. The van der Waals surface area contributed by atoms with Gasteiger partial charge in [0, 0.05) is 6.61 Å². The number of benzene rings is 3. The van der Waals surface area contributed by atoms with E-state index in [2.05, 4.69) is 52.0 Å². The molecule has 3 aromatic carbocycles. The lowest BCUT2D eigenvalue weighted by molar-refractivity contribution is 0.0627. The van der Waals surface area contributed by atoms with E-state index in [4.69, 9.17) is 14.2 Å². The molecule has 0 aromatic heterocycles. The Labute approximate surface area is 331 Å². The van der Waals surface area contributed by atoms with Crippen LogP contribution < -0.4 is 9.47 Å². The summed E-state index contributed by atoms with van der Waals surface area (Å²) in [7, 11) is 0. The number of unbranched alkanes of at least 4 members (excludes halogenated alkanes) is 19. The van der Waals surface area contributed by atoms with Crippen LogP contribution >= 0.6 is 0 Å². The highest BCUT2D eigenvalue weighted by atomic mass is 16.5. The van der Waals surface area contributed by atoms with Crippen LogP contribution in [0, 0.1) is 0 Å². The number of esters is 1. The van der Waals surface area contributed by atoms with Crippen LogP contribution in [0.5, 0.6) is 11.5 Å². The van der Waals surface area contributed by atoms with Crippen molar-refractivity contribution in [2.45, 2.75) is 194 Å². The fraction of sp³-hybridized carbons (Fsp3) is 0.620. The van der Waals surface area contributed by atoms with Crippen molar-refractivity contribution < 1.29 is 19.0 Å². The van der Waals surface area contributed by atoms with E-state index in [0.717, 1.165) is 49.2 Å². The minimum Gasteiger partial charge on any atom is -0.490 e. The van der Waals surface area contributed by atoms with E-state index < -0.39 is 0 Å². The first-order valence-corrected chi connectivity index (χ1v) is 22.3. The number of hydrogen-bond donors (Lipinski definition) is 0. The molecule has 0 radical (unpaired) electrons. The highest BCUT2D eigenvalue weighted by Crippen LogP contribution is 2.26. The Kier molecular flexibility index (Phi) is 24.5. The van der Waals surface area contributed by atoms with E-state index in [1.165, 1.54) is 134 Å². The molecule has 0 aliphatic heterocycles. The van der Waals surface area contributed by atoms with E-state index in [1.807, 2.05) is 48.5 Å². The number of ether oxygens (including phenoxy) is 3. The molecule has 0 heterocycles. The highest BCUT2D eigenvalue weighted by Gasteiger charge is 2.13. The number of carbonyl (C=O) groups excluding carboxylic acids is 1. The maximum absolute atomic E-state index is 13.0. The predicted octanol–water partition coefficient (Wildman–Crippen LogP) is 15.8. The maximum atomic E-state index is 13.0. The average molecular weight is 741 g/mol. The Hall–Kier alpha value is -3.11. The highest BCUT2D eigenvalue weighted by molar-refractivity contribution is 5.91. The summed E-state index contributed by atoms with van der Waals surface area (Å²) in [5.74, 6) is 0.993. The lowest BCUT2D eigenvalue weighted by atomic mass is 10.0. The van der Waals surface area contributed by atoms with E-state index >= 15 is 0 Å². The van der Waals surface area contributed by atoms with Gasteiger partial charge in [-0.15, -0.1) is 0 Å². The second kappa shape index (κ2) is 29.2. The Morgan fingerprint density at radius 1 is 0.481 bits per heavy atom. The lowest BCUT2D eigenvalue weighted by Gasteiger charge is -2.19. The van der Waals surface area contributed by atoms with Crippen molar-refractivity contribution in [2.24, 2.45) is 0 Å². The molecular formula is C50H76O4. The van der Waals surface area contributed by atoms with Crippen LogP contribution in [-0.2, 0) is 4.74 Å². The quantitative estimate of drug-likeness (QED) is 0.0363. The molecule has 4 heteroatoms. The van der Waals surface area contributed by atoms with Gasteiger partial charge in [0.1, 0.15) is 11.5 Å². The second-order valence-corrected chi connectivity index (χ2v) is 15.6. The molecule has 54 heavy (non-hydrogen) atoms. The second-order valence-electron chi connectivity index (χ2n) is 15.6. The van der Waals surface area contributed by atoms with Crippen LogP contribution in [0.25, 0.3) is 11.1 Å². The van der Waals surface area contributed by atoms with Gasteiger partial charge in [-0.25, -0.2) is 4.79 Å². The van der Waals surface area contributed by atoms with E-state index in [9.17, 15) is 4.79 Å². The van der Waals surface area contributed by atoms with Crippen LogP contribution in [0.1, 0.15) is 204 Å². The third-order valence-corrected chi connectivity index (χ3v) is 10.8. The Balaban J connectivity index is 1.33. The first-order valence-electron chi connectivity index (χ1n) is 22.3. The summed E-state index contributed by atoms with van der Waals surface area (Å²) in [6.45, 7) is 9.73. The average Bonchev–Trinajstić information content (AvgIpc) is 3.19. The van der Waals surface area contributed by atoms with Gasteiger partial charge >= 0.3 is 5.97 Å². The monoisotopic (exact) mass is 741 g/mol. The summed E-state index contributed by atoms with van der Waals surface area (Å²) in [6, 6.07) is 23.7. The van der Waals surface area contributed by atoms with Crippen molar-refractivity contribution in [3.63, 3.8) is 0 Å². The third-order valence-electron chi connectivity index (χ3n) is 10.8. The zero-order valence-corrected chi connectivity index (χ0v) is 34.9. The molecule has 2 unspecified atom stereocenters. The van der Waals surface area contributed by atoms with E-state index in [-0.39, 0.29) is 18.2 Å². The summed E-state index contributed by atoms with van der Waals surface area (Å²) in [6.07, 6.45) is 31.8. The van der Waals surface area contributed by atoms with Gasteiger partial charge in [0.15, 0.2) is 0 Å². The molecule has 0 spiro atoms. The molecular weight excluding hydrogens is 665 g/mol. The molecule has 300 valence electrons. The van der Waals surface area contributed by atoms with Crippen LogP contribution in [-0.4, -0.2) is 18.7 Å². The minimum absolute atomic E-state index is 0.0758. The number of rotatable bonds is 32. The summed E-state index contributed by atoms with van der Waals surface area (Å²) < 4.78 is 18.2. The van der Waals surface area contributed by atoms with Gasteiger partial charge in [-0.1, -0.05) is 186 Å². The molecule has 2 atom stereocenters. The van der Waals surface area contributed by atoms with Crippen LogP contribution in [0.15, 0.2) is 72.8 Å². The normalized spacial score (nSPS) is 12.4. The smallest absolute Gasteiger partial charge is 0.343 e. The van der Waals surface area contributed by atoms with Gasteiger partial charge < -0.3 is 14.2 Å². The van der Waals surface area contributed by atoms with Crippen molar-refractivity contribution in [3.05, 3.63) is 83.9 Å². The Morgan fingerprint density at radius 2 is 0.926 bits per heavy atom. The molecule has 0 saturated heterocycles. The standard InChI is InChI=1S/C50H76O4/c1-5-8-10-12-14-16-17-18-20-22-24-26-41-52-42(4)43-29-31-44(32-30-43)45-33-35-46(36-34-45)50(51)54-49-39-37-48(38-40-49)53-47(27-7-3)28-25-23-21-19-15-13-11-9-6-2/h29-40,42,47H,5-28,41H2,1-4H3. The summed E-state index contributed by atoms with van der Waals surface area (Å²) in [5.41, 5.74) is 3.89. The molecule has 4 nitrogen and oxygen atoms in total. The third kappa shape index (κ3) is 19.5. The zero-order chi connectivity index (χ0) is 38.5. The largest absolute Gasteiger partial charge is 0.490 e. The van der Waals surface area contributed by atoms with Gasteiger partial charge in [0.05, 0.1) is 17.8 Å². The van der Waals surface area contributed by atoms with E-state index in [1.54, 1.807) is 0 Å². The predicted molar refractivity (Wildman–Crippen MR) is 230 cm³/mol. The van der Waals surface area contributed by atoms with Gasteiger partial charge in [-0.2, -0.15) is 0 Å². The molecule has 0 saturated carbocycles. The summed E-state index contributed by atoms with van der Waals surface area (Å²) in [5, 5.41) is 0. The SMILES string of the molecule is CCCCCCCCCCCCCCOC(C)c1ccc(-c2ccc(C(=O)Oc3ccc(OC(CCC)CCCCCCCCCCC)cc3)cc2)cc1. The lowest BCUT2D eigenvalue weighted by Crippen LogP contribution is -2.16. The van der Waals surface area contributed by atoms with Crippen molar-refractivity contribution >= 4 is 5.97 Å². The molecule has 0 amide bonds. The van der Waals surface area contributed by atoms with E-state index in [0.29, 0.717) is 11.3 Å². The molecule has 0 fully saturated rings. The first-order chi connectivity index (χ1) is 26.5. The maximum Gasteiger partial charge on any atom is 0.343 e. The van der Waals surface area contributed by atoms with Crippen LogP contribution in [0.2, 0.25) is 0 Å². The van der Waals surface area contributed by atoms with Gasteiger partial charge in [-0.3, -0.25) is 0 Å². The van der Waals surface area contributed by atoms with Crippen molar-refractivity contribution in [1.29, 1.82) is 0 Å². The Morgan fingerprint density at radius 3 is 1.43 bits per heavy atom. The minimum atomic E-state index is -0.362. The fourth-order valence-electron chi connectivity index (χ4n) is 7.26. The van der Waals surface area contributed by atoms with Gasteiger partial charge in [0.25, 0.3) is 0 Å². The van der Waals surface area contributed by atoms with Gasteiger partial charge in [-0.05, 0) is 85.7 Å². The van der Waals surface area contributed by atoms with Gasteiger partial charge in [0.2, 0.25) is 0 Å². The van der Waals surface area contributed by atoms with Crippen molar-refractivity contribution in [3.8, 4) is 22.6 Å². The number of carbonyl (C=O) groups is 1. The summed E-state index contributed by atoms with van der Waals surface area (Å²) >= 11 is 0. The Bertz CT molecular complexity index is 1330. The molecule has 3 aromatic rings. The molecule has 0 aliphatic rings.